The first-order valence-electron chi connectivity index (χ1n) is 6.70. The highest BCUT2D eigenvalue weighted by Crippen LogP contribution is 2.30. The monoisotopic (exact) mass is 280 g/mol. The first kappa shape index (κ1) is 13.4. The van der Waals surface area contributed by atoms with E-state index < -0.39 is 0 Å². The van der Waals surface area contributed by atoms with Gasteiger partial charge in [0, 0.05) is 18.1 Å². The normalized spacial score (nSPS) is 10.6. The molecular weight excluding hydrogens is 264 g/mol. The zero-order valence-electron chi connectivity index (χ0n) is 11.7. The second-order valence-electron chi connectivity index (χ2n) is 4.65. The minimum atomic E-state index is 0.520. The van der Waals surface area contributed by atoms with Crippen molar-refractivity contribution < 1.29 is 9.47 Å². The molecule has 0 aliphatic carbocycles. The molecule has 0 fully saturated rings. The van der Waals surface area contributed by atoms with Crippen LogP contribution in [-0.4, -0.2) is 12.1 Å². The zero-order chi connectivity index (χ0) is 14.7. The lowest BCUT2D eigenvalue weighted by molar-refractivity contribution is 0.415. The molecule has 1 aromatic heterocycles. The minimum absolute atomic E-state index is 0.520. The van der Waals surface area contributed by atoms with Crippen LogP contribution >= 0.6 is 0 Å². The molecule has 0 spiro atoms. The summed E-state index contributed by atoms with van der Waals surface area (Å²) < 4.78 is 11.1. The van der Waals surface area contributed by atoms with Crippen molar-refractivity contribution in [1.82, 2.24) is 4.98 Å². The second kappa shape index (κ2) is 5.81. The Labute approximate surface area is 123 Å². The molecule has 106 valence electrons. The topological polar surface area (TPSA) is 57.4 Å². The minimum Gasteiger partial charge on any atom is -0.497 e. The van der Waals surface area contributed by atoms with Gasteiger partial charge in [0.25, 0.3) is 0 Å². The Kier molecular flexibility index (Phi) is 3.71. The number of nitrogens with zero attached hydrogens (tertiary/aromatic N) is 1. The maximum absolute atomic E-state index is 5.87. The van der Waals surface area contributed by atoms with Crippen molar-refractivity contribution in [2.24, 2.45) is 5.73 Å². The molecule has 3 aromatic rings. The summed E-state index contributed by atoms with van der Waals surface area (Å²) in [5.74, 6) is 2.13. The molecule has 0 aliphatic heterocycles. The molecular formula is C17H16N2O2. The van der Waals surface area contributed by atoms with Crippen molar-refractivity contribution in [2.75, 3.05) is 7.11 Å². The van der Waals surface area contributed by atoms with Crippen molar-refractivity contribution in [2.45, 2.75) is 6.54 Å². The van der Waals surface area contributed by atoms with E-state index in [2.05, 4.69) is 4.98 Å². The van der Waals surface area contributed by atoms with Gasteiger partial charge in [0.1, 0.15) is 11.5 Å². The van der Waals surface area contributed by atoms with E-state index in [-0.39, 0.29) is 0 Å². The molecule has 0 aliphatic rings. The quantitative estimate of drug-likeness (QED) is 0.794. The summed E-state index contributed by atoms with van der Waals surface area (Å²) in [7, 11) is 1.65. The van der Waals surface area contributed by atoms with E-state index in [9.17, 15) is 0 Å². The molecule has 2 aromatic carbocycles. The van der Waals surface area contributed by atoms with Crippen LogP contribution < -0.4 is 15.2 Å². The Balaban J connectivity index is 1.95. The van der Waals surface area contributed by atoms with Gasteiger partial charge < -0.3 is 15.2 Å². The van der Waals surface area contributed by atoms with Crippen LogP contribution in [0.4, 0.5) is 0 Å². The average molecular weight is 280 g/mol. The molecule has 2 N–H and O–H groups in total. The third-order valence-corrected chi connectivity index (χ3v) is 3.31. The molecule has 21 heavy (non-hydrogen) atoms. The molecule has 0 bridgehead atoms. The highest BCUT2D eigenvalue weighted by molar-refractivity contribution is 5.88. The maximum Gasteiger partial charge on any atom is 0.227 e. The van der Waals surface area contributed by atoms with Gasteiger partial charge in [-0.3, -0.25) is 0 Å². The largest absolute Gasteiger partial charge is 0.497 e. The number of methoxy groups -OCH3 is 1. The lowest BCUT2D eigenvalue weighted by Crippen LogP contribution is -1.95. The fourth-order valence-electron chi connectivity index (χ4n) is 2.14. The summed E-state index contributed by atoms with van der Waals surface area (Å²) >= 11 is 0. The van der Waals surface area contributed by atoms with Gasteiger partial charge >= 0.3 is 0 Å². The van der Waals surface area contributed by atoms with Crippen molar-refractivity contribution in [1.29, 1.82) is 0 Å². The number of hydrogen-bond donors (Lipinski definition) is 1. The SMILES string of the molecule is COc1ccc2c(Oc3ccc(CN)cc3)nccc2c1. The van der Waals surface area contributed by atoms with E-state index in [1.807, 2.05) is 48.5 Å². The molecule has 0 atom stereocenters. The van der Waals surface area contributed by atoms with E-state index in [1.165, 1.54) is 0 Å². The summed E-state index contributed by atoms with van der Waals surface area (Å²) in [6, 6.07) is 15.4. The molecule has 4 nitrogen and oxygen atoms in total. The average Bonchev–Trinajstić information content (AvgIpc) is 2.55. The summed E-state index contributed by atoms with van der Waals surface area (Å²) in [6.45, 7) is 0.520. The maximum atomic E-state index is 5.87. The van der Waals surface area contributed by atoms with Gasteiger partial charge in [0.2, 0.25) is 5.88 Å². The number of fused-ring (bicyclic) bond motifs is 1. The van der Waals surface area contributed by atoms with Crippen LogP contribution in [0.25, 0.3) is 10.8 Å². The van der Waals surface area contributed by atoms with E-state index in [0.717, 1.165) is 27.8 Å². The molecule has 1 heterocycles. The van der Waals surface area contributed by atoms with Gasteiger partial charge in [0.15, 0.2) is 0 Å². The number of ether oxygens (including phenoxy) is 2. The first-order chi connectivity index (χ1) is 10.3. The lowest BCUT2D eigenvalue weighted by Gasteiger charge is -2.09. The number of hydrogen-bond acceptors (Lipinski definition) is 4. The number of nitrogens with two attached hydrogens (primary N) is 1. The fraction of sp³-hybridized carbons (Fsp3) is 0.118. The van der Waals surface area contributed by atoms with E-state index in [0.29, 0.717) is 12.4 Å². The number of aromatic nitrogens is 1. The highest BCUT2D eigenvalue weighted by Gasteiger charge is 2.06. The van der Waals surface area contributed by atoms with Crippen LogP contribution in [-0.2, 0) is 6.54 Å². The third-order valence-electron chi connectivity index (χ3n) is 3.31. The Morgan fingerprint density at radius 1 is 1.00 bits per heavy atom. The van der Waals surface area contributed by atoms with Gasteiger partial charge in [-0.15, -0.1) is 0 Å². The van der Waals surface area contributed by atoms with Crippen LogP contribution in [0.3, 0.4) is 0 Å². The number of rotatable bonds is 4. The van der Waals surface area contributed by atoms with Crippen LogP contribution in [0.2, 0.25) is 0 Å². The molecule has 0 saturated carbocycles. The van der Waals surface area contributed by atoms with Crippen molar-refractivity contribution >= 4 is 10.8 Å². The Morgan fingerprint density at radius 3 is 2.48 bits per heavy atom. The van der Waals surface area contributed by atoms with Gasteiger partial charge in [0.05, 0.1) is 7.11 Å². The summed E-state index contributed by atoms with van der Waals surface area (Å²) in [4.78, 5) is 4.31. The third kappa shape index (κ3) is 2.80. The van der Waals surface area contributed by atoms with E-state index in [1.54, 1.807) is 13.3 Å². The number of pyridine rings is 1. The summed E-state index contributed by atoms with van der Waals surface area (Å²) in [5, 5.41) is 1.97. The van der Waals surface area contributed by atoms with Crippen molar-refractivity contribution in [3.05, 3.63) is 60.3 Å². The van der Waals surface area contributed by atoms with Crippen LogP contribution in [0.1, 0.15) is 5.56 Å². The molecule has 0 radical (unpaired) electrons. The molecule has 0 unspecified atom stereocenters. The van der Waals surface area contributed by atoms with Gasteiger partial charge in [-0.1, -0.05) is 12.1 Å². The van der Waals surface area contributed by atoms with Gasteiger partial charge in [-0.25, -0.2) is 4.98 Å². The lowest BCUT2D eigenvalue weighted by atomic mass is 10.1. The van der Waals surface area contributed by atoms with Crippen molar-refractivity contribution in [3.63, 3.8) is 0 Å². The zero-order valence-corrected chi connectivity index (χ0v) is 11.7. The van der Waals surface area contributed by atoms with Crippen LogP contribution in [0, 0.1) is 0 Å². The van der Waals surface area contributed by atoms with Crippen LogP contribution in [0.15, 0.2) is 54.7 Å². The predicted molar refractivity (Wildman–Crippen MR) is 82.7 cm³/mol. The molecule has 3 rings (SSSR count). The van der Waals surface area contributed by atoms with Crippen molar-refractivity contribution in [3.8, 4) is 17.4 Å². The van der Waals surface area contributed by atoms with Crippen LogP contribution in [0.5, 0.6) is 17.4 Å². The molecule has 0 amide bonds. The Morgan fingerprint density at radius 2 is 1.76 bits per heavy atom. The highest BCUT2D eigenvalue weighted by atomic mass is 16.5. The van der Waals surface area contributed by atoms with E-state index in [4.69, 9.17) is 15.2 Å². The second-order valence-corrected chi connectivity index (χ2v) is 4.65. The predicted octanol–water partition coefficient (Wildman–Crippen LogP) is 3.49. The van der Waals surface area contributed by atoms with Gasteiger partial charge in [-0.05, 0) is 47.3 Å². The Bertz CT molecular complexity index is 754. The summed E-state index contributed by atoms with van der Waals surface area (Å²) in [5.41, 5.74) is 6.66. The number of benzene rings is 2. The molecule has 4 heteroatoms. The fourth-order valence-corrected chi connectivity index (χ4v) is 2.14. The van der Waals surface area contributed by atoms with Gasteiger partial charge in [-0.2, -0.15) is 0 Å². The smallest absolute Gasteiger partial charge is 0.227 e. The summed E-state index contributed by atoms with van der Waals surface area (Å²) in [6.07, 6.45) is 1.73. The van der Waals surface area contributed by atoms with E-state index >= 15 is 0 Å². The molecule has 0 saturated heterocycles. The standard InChI is InChI=1S/C17H16N2O2/c1-20-15-6-7-16-13(10-15)8-9-19-17(16)21-14-4-2-12(11-18)3-5-14/h2-10H,11,18H2,1H3. The Hall–Kier alpha value is -2.59. The first-order valence-corrected chi connectivity index (χ1v) is 6.70.